The zero-order chi connectivity index (χ0) is 6.85. The van der Waals surface area contributed by atoms with Crippen molar-refractivity contribution in [3.05, 3.63) is 29.0 Å². The summed E-state index contributed by atoms with van der Waals surface area (Å²) in [6, 6.07) is 1.64. The topological polar surface area (TPSA) is 24.1 Å². The molecule has 0 unspecified atom stereocenters. The van der Waals surface area contributed by atoms with Crippen LogP contribution in [0.25, 0.3) is 0 Å². The third-order valence-corrected chi connectivity index (χ3v) is 1.50. The Morgan fingerprint density at radius 3 is 2.78 bits per heavy atom. The Hall–Kier alpha value is -0.760. The lowest BCUT2D eigenvalue weighted by Crippen LogP contribution is -2.28. The molecule has 48 valence electrons. The van der Waals surface area contributed by atoms with Crippen LogP contribution in [-0.2, 0) is 0 Å². The fraction of sp³-hybridized carbons (Fsp3) is 0.167. The third-order valence-electron chi connectivity index (χ3n) is 1.08. The molecule has 2 nitrogen and oxygen atoms in total. The van der Waals surface area contributed by atoms with E-state index in [1.165, 1.54) is 6.20 Å². The summed E-state index contributed by atoms with van der Waals surface area (Å²) in [5, 5.41) is 9.46. The summed E-state index contributed by atoms with van der Waals surface area (Å²) in [7, 11) is 0. The first-order valence-electron chi connectivity index (χ1n) is 2.57. The molecular weight excluding hydrogens is 138 g/mol. The number of nitrogens with zero attached hydrogens (tertiary/aromatic N) is 1. The quantitative estimate of drug-likeness (QED) is 0.429. The summed E-state index contributed by atoms with van der Waals surface area (Å²) in [4.78, 5) is 0. The lowest BCUT2D eigenvalue weighted by atomic mass is 10.3. The second-order valence-corrected chi connectivity index (χ2v) is 2.26. The zero-order valence-corrected chi connectivity index (χ0v) is 5.76. The summed E-state index contributed by atoms with van der Waals surface area (Å²) in [5.74, 6) is 0. The average molecular weight is 145 g/mol. The van der Waals surface area contributed by atoms with Crippen molar-refractivity contribution in [3.8, 4) is 0 Å². The second kappa shape index (κ2) is 2.23. The van der Waals surface area contributed by atoms with Crippen molar-refractivity contribution in [2.24, 2.45) is 0 Å². The summed E-state index contributed by atoms with van der Waals surface area (Å²) in [6.45, 7) is 1.83. The molecule has 0 aliphatic rings. The fourth-order valence-electron chi connectivity index (χ4n) is 0.576. The maximum absolute atomic E-state index is 8.80. The average Bonchev–Trinajstić information content (AvgIpc) is 1.80. The molecule has 0 amide bonds. The van der Waals surface area contributed by atoms with E-state index in [-0.39, 0.29) is 0 Å². The van der Waals surface area contributed by atoms with Gasteiger partial charge >= 0.3 is 0 Å². The van der Waals surface area contributed by atoms with Gasteiger partial charge in [-0.3, -0.25) is 5.21 Å². The molecule has 0 aliphatic heterocycles. The molecule has 0 saturated carbocycles. The van der Waals surface area contributed by atoms with Crippen molar-refractivity contribution < 1.29 is 9.94 Å². The van der Waals surface area contributed by atoms with Crippen LogP contribution in [0.1, 0.15) is 5.56 Å². The molecule has 0 atom stereocenters. The highest BCUT2D eigenvalue weighted by molar-refractivity contribution is 6.31. The van der Waals surface area contributed by atoms with Crippen molar-refractivity contribution in [2.45, 2.75) is 6.92 Å². The van der Waals surface area contributed by atoms with Crippen molar-refractivity contribution in [1.29, 1.82) is 0 Å². The predicted octanol–water partition coefficient (Wildman–Crippen LogP) is 1.17. The Kier molecular flexibility index (Phi) is 1.58. The molecular formula is C6H7ClNO+. The van der Waals surface area contributed by atoms with Gasteiger partial charge in [-0.15, -0.1) is 0 Å². The van der Waals surface area contributed by atoms with E-state index in [0.29, 0.717) is 5.02 Å². The first kappa shape index (κ1) is 6.36. The molecule has 1 aromatic heterocycles. The van der Waals surface area contributed by atoms with Crippen LogP contribution < -0.4 is 4.73 Å². The Labute approximate surface area is 58.3 Å². The highest BCUT2D eigenvalue weighted by Crippen LogP contribution is 2.09. The van der Waals surface area contributed by atoms with Crippen LogP contribution in [0.4, 0.5) is 0 Å². The lowest BCUT2D eigenvalue weighted by molar-refractivity contribution is -0.905. The second-order valence-electron chi connectivity index (χ2n) is 1.86. The molecule has 0 bridgehead atoms. The molecule has 1 rings (SSSR count). The minimum Gasteiger partial charge on any atom is -0.285 e. The summed E-state index contributed by atoms with van der Waals surface area (Å²) < 4.78 is 0.973. The van der Waals surface area contributed by atoms with E-state index < -0.39 is 0 Å². The molecule has 0 spiro atoms. The van der Waals surface area contributed by atoms with Gasteiger partial charge in [0.15, 0.2) is 0 Å². The van der Waals surface area contributed by atoms with E-state index in [0.717, 1.165) is 10.3 Å². The van der Waals surface area contributed by atoms with Gasteiger partial charge in [-0.25, -0.2) is 0 Å². The van der Waals surface area contributed by atoms with Gasteiger partial charge in [0.1, 0.15) is 0 Å². The number of hydrogen-bond donors (Lipinski definition) is 1. The number of aromatic nitrogens is 1. The van der Waals surface area contributed by atoms with E-state index in [9.17, 15) is 0 Å². The van der Waals surface area contributed by atoms with Gasteiger partial charge in [-0.05, 0) is 6.92 Å². The first-order chi connectivity index (χ1) is 4.20. The molecule has 3 heteroatoms. The Morgan fingerprint density at radius 1 is 1.67 bits per heavy atom. The molecule has 1 N–H and O–H groups in total. The van der Waals surface area contributed by atoms with Crippen LogP contribution in [-0.4, -0.2) is 5.21 Å². The molecule has 0 saturated heterocycles. The Balaban J connectivity index is 3.17. The maximum Gasteiger partial charge on any atom is 0.226 e. The summed E-state index contributed by atoms with van der Waals surface area (Å²) >= 11 is 5.66. The smallest absolute Gasteiger partial charge is 0.226 e. The monoisotopic (exact) mass is 144 g/mol. The Morgan fingerprint density at radius 2 is 2.33 bits per heavy atom. The lowest BCUT2D eigenvalue weighted by Gasteiger charge is -1.88. The first-order valence-corrected chi connectivity index (χ1v) is 2.94. The highest BCUT2D eigenvalue weighted by Gasteiger charge is 1.99. The van der Waals surface area contributed by atoms with Gasteiger partial charge in [0.25, 0.3) is 0 Å². The zero-order valence-electron chi connectivity index (χ0n) is 5.00. The van der Waals surface area contributed by atoms with Gasteiger partial charge in [-0.1, -0.05) is 11.6 Å². The number of aryl methyl sites for hydroxylation is 1. The minimum absolute atomic E-state index is 0.667. The largest absolute Gasteiger partial charge is 0.285 e. The van der Waals surface area contributed by atoms with Crippen molar-refractivity contribution in [1.82, 2.24) is 0 Å². The van der Waals surface area contributed by atoms with Crippen LogP contribution >= 0.6 is 11.6 Å². The van der Waals surface area contributed by atoms with Crippen molar-refractivity contribution >= 4 is 11.6 Å². The minimum atomic E-state index is 0.667. The standard InChI is InChI=1S/C6H7ClNO/c1-5-4-8(9)3-2-6(5)7/h2-4,9H,1H3/q+1. The van der Waals surface area contributed by atoms with Crippen molar-refractivity contribution in [2.75, 3.05) is 0 Å². The van der Waals surface area contributed by atoms with E-state index in [1.807, 2.05) is 6.92 Å². The summed E-state index contributed by atoms with van der Waals surface area (Å²) in [5.41, 5.74) is 0.863. The molecule has 1 aromatic rings. The third kappa shape index (κ3) is 1.33. The molecule has 0 aromatic carbocycles. The highest BCUT2D eigenvalue weighted by atomic mass is 35.5. The van der Waals surface area contributed by atoms with Crippen molar-refractivity contribution in [3.63, 3.8) is 0 Å². The molecule has 0 aliphatic carbocycles. The molecule has 0 radical (unpaired) electrons. The summed E-state index contributed by atoms with van der Waals surface area (Å²) in [6.07, 6.45) is 3.03. The molecule has 9 heavy (non-hydrogen) atoms. The van der Waals surface area contributed by atoms with E-state index in [2.05, 4.69) is 0 Å². The van der Waals surface area contributed by atoms with Crippen LogP contribution in [0.15, 0.2) is 18.5 Å². The Bertz CT molecular complexity index is 224. The maximum atomic E-state index is 8.80. The van der Waals surface area contributed by atoms with Gasteiger partial charge < -0.3 is 0 Å². The van der Waals surface area contributed by atoms with E-state index in [4.69, 9.17) is 16.8 Å². The number of rotatable bonds is 0. The van der Waals surface area contributed by atoms with Crippen LogP contribution in [0.5, 0.6) is 0 Å². The van der Waals surface area contributed by atoms with E-state index in [1.54, 1.807) is 12.3 Å². The van der Waals surface area contributed by atoms with Gasteiger partial charge in [0.05, 0.1) is 5.02 Å². The normalized spacial score (nSPS) is 9.56. The van der Waals surface area contributed by atoms with Gasteiger partial charge in [0.2, 0.25) is 12.4 Å². The number of halogens is 1. The van der Waals surface area contributed by atoms with E-state index >= 15 is 0 Å². The fourth-order valence-corrected chi connectivity index (χ4v) is 0.681. The number of pyridine rings is 1. The van der Waals surface area contributed by atoms with Crippen LogP contribution in [0.2, 0.25) is 5.02 Å². The molecule has 1 heterocycles. The van der Waals surface area contributed by atoms with Gasteiger partial charge in [0, 0.05) is 16.4 Å². The molecule has 0 fully saturated rings. The number of hydrogen-bond acceptors (Lipinski definition) is 1. The van der Waals surface area contributed by atoms with Crippen LogP contribution in [0, 0.1) is 6.92 Å². The van der Waals surface area contributed by atoms with Crippen LogP contribution in [0.3, 0.4) is 0 Å². The van der Waals surface area contributed by atoms with Gasteiger partial charge in [-0.2, -0.15) is 0 Å². The SMILES string of the molecule is Cc1c[n+](O)ccc1Cl. The predicted molar refractivity (Wildman–Crippen MR) is 33.6 cm³/mol.